The molecular formula is C19H24BrClN2O. The first-order valence-corrected chi connectivity index (χ1v) is 8.70. The van der Waals surface area contributed by atoms with Gasteiger partial charge in [-0.1, -0.05) is 53.2 Å². The fraction of sp³-hybridized carbons (Fsp3) is 0.316. The number of nitrogens with one attached hydrogen (secondary N) is 1. The summed E-state index contributed by atoms with van der Waals surface area (Å²) in [5.74, 6) is 0.0539. The molecule has 0 fully saturated rings. The number of halogens is 2. The zero-order valence-corrected chi connectivity index (χ0v) is 16.5. The lowest BCUT2D eigenvalue weighted by atomic mass is 10.2. The van der Waals surface area contributed by atoms with Crippen LogP contribution in [0.4, 0.5) is 5.69 Å². The van der Waals surface area contributed by atoms with Crippen LogP contribution in [-0.4, -0.2) is 23.9 Å². The summed E-state index contributed by atoms with van der Waals surface area (Å²) in [5.41, 5.74) is 3.24. The van der Waals surface area contributed by atoms with Gasteiger partial charge in [0.25, 0.3) is 0 Å². The van der Waals surface area contributed by atoms with Crippen LogP contribution in [0.3, 0.4) is 0 Å². The first-order chi connectivity index (χ1) is 11.1. The Morgan fingerprint density at radius 1 is 1.17 bits per heavy atom. The predicted octanol–water partition coefficient (Wildman–Crippen LogP) is 5.03. The number of rotatable bonds is 7. The molecule has 3 nitrogen and oxygen atoms in total. The van der Waals surface area contributed by atoms with Crippen LogP contribution in [0.2, 0.25) is 0 Å². The maximum atomic E-state index is 12.1. The third-order valence-corrected chi connectivity index (χ3v) is 4.68. The van der Waals surface area contributed by atoms with E-state index in [9.17, 15) is 4.79 Å². The normalized spacial score (nSPS) is 10.3. The Balaban J connectivity index is 0.00000288. The minimum absolute atomic E-state index is 0. The van der Waals surface area contributed by atoms with Gasteiger partial charge >= 0.3 is 0 Å². The summed E-state index contributed by atoms with van der Waals surface area (Å²) in [5, 5.41) is 2.97. The fourth-order valence-corrected chi connectivity index (χ4v) is 2.64. The molecular weight excluding hydrogens is 388 g/mol. The van der Waals surface area contributed by atoms with E-state index in [0.717, 1.165) is 35.4 Å². The molecule has 0 saturated heterocycles. The third-order valence-electron chi connectivity index (χ3n) is 3.79. The molecule has 0 atom stereocenters. The van der Waals surface area contributed by atoms with Gasteiger partial charge in [0.2, 0.25) is 5.91 Å². The molecule has 0 aliphatic rings. The SMILES string of the molecule is CCN(CCC(=O)Nc1ccc(Br)c(C)c1)Cc1ccccc1.Cl. The molecule has 0 aliphatic heterocycles. The summed E-state index contributed by atoms with van der Waals surface area (Å²) < 4.78 is 1.05. The molecule has 0 unspecified atom stereocenters. The molecule has 2 aromatic rings. The van der Waals surface area contributed by atoms with Crippen LogP contribution in [0.5, 0.6) is 0 Å². The van der Waals surface area contributed by atoms with Crippen LogP contribution in [0, 0.1) is 6.92 Å². The van der Waals surface area contributed by atoms with Crippen molar-refractivity contribution in [1.82, 2.24) is 4.90 Å². The fourth-order valence-electron chi connectivity index (χ4n) is 2.40. The van der Waals surface area contributed by atoms with E-state index in [1.807, 2.05) is 43.3 Å². The summed E-state index contributed by atoms with van der Waals surface area (Å²) in [6.45, 7) is 6.70. The van der Waals surface area contributed by atoms with E-state index in [0.29, 0.717) is 6.42 Å². The van der Waals surface area contributed by atoms with Crippen LogP contribution in [-0.2, 0) is 11.3 Å². The van der Waals surface area contributed by atoms with Gasteiger partial charge in [0.05, 0.1) is 0 Å². The third kappa shape index (κ3) is 6.63. The van der Waals surface area contributed by atoms with E-state index in [-0.39, 0.29) is 18.3 Å². The number of nitrogens with zero attached hydrogens (tertiary/aromatic N) is 1. The highest BCUT2D eigenvalue weighted by Crippen LogP contribution is 2.20. The molecule has 130 valence electrons. The largest absolute Gasteiger partial charge is 0.326 e. The highest BCUT2D eigenvalue weighted by Gasteiger charge is 2.08. The number of benzene rings is 2. The molecule has 0 aliphatic carbocycles. The lowest BCUT2D eigenvalue weighted by molar-refractivity contribution is -0.116. The lowest BCUT2D eigenvalue weighted by Gasteiger charge is -2.20. The number of aryl methyl sites for hydroxylation is 1. The van der Waals surface area contributed by atoms with E-state index in [4.69, 9.17) is 0 Å². The quantitative estimate of drug-likeness (QED) is 0.693. The zero-order valence-electron chi connectivity index (χ0n) is 14.1. The maximum Gasteiger partial charge on any atom is 0.225 e. The Labute approximate surface area is 159 Å². The second-order valence-corrected chi connectivity index (χ2v) is 6.47. The minimum Gasteiger partial charge on any atom is -0.326 e. The van der Waals surface area contributed by atoms with Gasteiger partial charge in [-0.05, 0) is 42.8 Å². The molecule has 0 radical (unpaired) electrons. The van der Waals surface area contributed by atoms with Gasteiger partial charge in [-0.25, -0.2) is 0 Å². The van der Waals surface area contributed by atoms with Crippen molar-refractivity contribution in [3.05, 3.63) is 64.1 Å². The van der Waals surface area contributed by atoms with Gasteiger partial charge in [-0.15, -0.1) is 12.4 Å². The van der Waals surface area contributed by atoms with Gasteiger partial charge in [0.1, 0.15) is 0 Å². The Bertz CT molecular complexity index is 649. The second-order valence-electron chi connectivity index (χ2n) is 5.62. The molecule has 0 saturated carbocycles. The van der Waals surface area contributed by atoms with Crippen molar-refractivity contribution in [1.29, 1.82) is 0 Å². The standard InChI is InChI=1S/C19H23BrN2O.ClH/c1-3-22(14-16-7-5-4-6-8-16)12-11-19(23)21-17-9-10-18(20)15(2)13-17;/h4-10,13H,3,11-12,14H2,1-2H3,(H,21,23);1H. The molecule has 0 heterocycles. The number of amides is 1. The molecule has 5 heteroatoms. The van der Waals surface area contributed by atoms with Crippen molar-refractivity contribution in [3.63, 3.8) is 0 Å². The Hall–Kier alpha value is -1.36. The lowest BCUT2D eigenvalue weighted by Crippen LogP contribution is -2.27. The molecule has 2 aromatic carbocycles. The number of hydrogen-bond donors (Lipinski definition) is 1. The Morgan fingerprint density at radius 2 is 1.88 bits per heavy atom. The van der Waals surface area contributed by atoms with Gasteiger partial charge in [0, 0.05) is 29.7 Å². The number of carbonyl (C=O) groups excluding carboxylic acids is 1. The van der Waals surface area contributed by atoms with E-state index < -0.39 is 0 Å². The zero-order chi connectivity index (χ0) is 16.7. The molecule has 1 N–H and O–H groups in total. The van der Waals surface area contributed by atoms with Gasteiger partial charge in [-0.3, -0.25) is 9.69 Å². The van der Waals surface area contributed by atoms with Crippen molar-refractivity contribution in [2.75, 3.05) is 18.4 Å². The summed E-state index contributed by atoms with van der Waals surface area (Å²) in [4.78, 5) is 14.4. The van der Waals surface area contributed by atoms with Crippen molar-refractivity contribution in [3.8, 4) is 0 Å². The number of hydrogen-bond acceptors (Lipinski definition) is 2. The van der Waals surface area contributed by atoms with Crippen LogP contribution in [0.25, 0.3) is 0 Å². The number of carbonyl (C=O) groups is 1. The average molecular weight is 412 g/mol. The molecule has 0 aromatic heterocycles. The highest BCUT2D eigenvalue weighted by molar-refractivity contribution is 9.10. The molecule has 1 amide bonds. The summed E-state index contributed by atoms with van der Waals surface area (Å²) in [7, 11) is 0. The van der Waals surface area contributed by atoms with Crippen molar-refractivity contribution in [2.45, 2.75) is 26.8 Å². The van der Waals surface area contributed by atoms with Gasteiger partial charge in [0.15, 0.2) is 0 Å². The molecule has 0 bridgehead atoms. The van der Waals surface area contributed by atoms with E-state index in [2.05, 4.69) is 45.2 Å². The first-order valence-electron chi connectivity index (χ1n) is 7.90. The monoisotopic (exact) mass is 410 g/mol. The smallest absolute Gasteiger partial charge is 0.225 e. The Morgan fingerprint density at radius 3 is 2.50 bits per heavy atom. The van der Waals surface area contributed by atoms with Crippen LogP contribution >= 0.6 is 28.3 Å². The summed E-state index contributed by atoms with van der Waals surface area (Å²) in [6, 6.07) is 16.2. The van der Waals surface area contributed by atoms with E-state index >= 15 is 0 Å². The van der Waals surface area contributed by atoms with Crippen molar-refractivity contribution in [2.24, 2.45) is 0 Å². The van der Waals surface area contributed by atoms with Crippen molar-refractivity contribution < 1.29 is 4.79 Å². The van der Waals surface area contributed by atoms with E-state index in [1.54, 1.807) is 0 Å². The number of anilines is 1. The van der Waals surface area contributed by atoms with Gasteiger partial charge < -0.3 is 5.32 Å². The van der Waals surface area contributed by atoms with Crippen LogP contribution in [0.15, 0.2) is 53.0 Å². The Kier molecular flexibility index (Phi) is 9.04. The first kappa shape index (κ1) is 20.7. The minimum atomic E-state index is 0. The predicted molar refractivity (Wildman–Crippen MR) is 107 cm³/mol. The van der Waals surface area contributed by atoms with Gasteiger partial charge in [-0.2, -0.15) is 0 Å². The van der Waals surface area contributed by atoms with Crippen molar-refractivity contribution >= 4 is 39.9 Å². The summed E-state index contributed by atoms with van der Waals surface area (Å²) >= 11 is 3.47. The topological polar surface area (TPSA) is 32.3 Å². The highest BCUT2D eigenvalue weighted by atomic mass is 79.9. The van der Waals surface area contributed by atoms with Crippen LogP contribution in [0.1, 0.15) is 24.5 Å². The second kappa shape index (κ2) is 10.5. The maximum absolute atomic E-state index is 12.1. The molecule has 0 spiro atoms. The molecule has 24 heavy (non-hydrogen) atoms. The van der Waals surface area contributed by atoms with Crippen LogP contribution < -0.4 is 5.32 Å². The summed E-state index contributed by atoms with van der Waals surface area (Å²) in [6.07, 6.45) is 0.496. The van der Waals surface area contributed by atoms with E-state index in [1.165, 1.54) is 5.56 Å². The average Bonchev–Trinajstić information content (AvgIpc) is 2.56. The molecule has 2 rings (SSSR count).